The first kappa shape index (κ1) is 15.1. The van der Waals surface area contributed by atoms with Crippen LogP contribution in [0.2, 0.25) is 0 Å². The molecule has 3 nitrogen and oxygen atoms in total. The largest absolute Gasteiger partial charge is 0.416 e. The number of halogens is 3. The molecule has 7 heteroatoms. The third kappa shape index (κ3) is 3.04. The van der Waals surface area contributed by atoms with Gasteiger partial charge in [-0.25, -0.2) is 4.98 Å². The van der Waals surface area contributed by atoms with Crippen LogP contribution in [0.15, 0.2) is 18.2 Å². The molecule has 0 radical (unpaired) electrons. The topological polar surface area (TPSA) is 36.4 Å². The third-order valence-electron chi connectivity index (χ3n) is 2.91. The summed E-state index contributed by atoms with van der Waals surface area (Å²) in [4.78, 5) is 6.13. The number of rotatable bonds is 4. The summed E-state index contributed by atoms with van der Waals surface area (Å²) in [5.74, 6) is 0. The van der Waals surface area contributed by atoms with Gasteiger partial charge in [0.1, 0.15) is 0 Å². The predicted molar refractivity (Wildman–Crippen MR) is 74.2 cm³/mol. The van der Waals surface area contributed by atoms with E-state index in [4.69, 9.17) is 5.11 Å². The second-order valence-electron chi connectivity index (χ2n) is 4.69. The molecule has 0 spiro atoms. The minimum atomic E-state index is -4.36. The average molecular weight is 304 g/mol. The molecule has 0 fully saturated rings. The zero-order valence-corrected chi connectivity index (χ0v) is 11.9. The van der Waals surface area contributed by atoms with Crippen molar-refractivity contribution in [3.05, 3.63) is 23.8 Å². The molecular formula is C13H15F3N2OS. The van der Waals surface area contributed by atoms with E-state index >= 15 is 0 Å². The van der Waals surface area contributed by atoms with E-state index in [9.17, 15) is 13.2 Å². The maximum absolute atomic E-state index is 12.7. The third-order valence-corrected chi connectivity index (χ3v) is 3.99. The summed E-state index contributed by atoms with van der Waals surface area (Å²) in [6.45, 7) is 4.28. The van der Waals surface area contributed by atoms with E-state index in [-0.39, 0.29) is 12.6 Å². The van der Waals surface area contributed by atoms with Crippen LogP contribution < -0.4 is 4.90 Å². The number of benzene rings is 1. The highest BCUT2D eigenvalue weighted by atomic mass is 32.1. The lowest BCUT2D eigenvalue weighted by atomic mass is 10.2. The Kier molecular flexibility index (Phi) is 4.19. The Morgan fingerprint density at radius 3 is 2.60 bits per heavy atom. The van der Waals surface area contributed by atoms with Crippen LogP contribution in [0.5, 0.6) is 0 Å². The highest BCUT2D eigenvalue weighted by Gasteiger charge is 2.31. The van der Waals surface area contributed by atoms with E-state index in [0.29, 0.717) is 21.9 Å². The molecule has 20 heavy (non-hydrogen) atoms. The molecule has 1 N–H and O–H groups in total. The summed E-state index contributed by atoms with van der Waals surface area (Å²) < 4.78 is 38.7. The maximum atomic E-state index is 12.7. The normalized spacial score (nSPS) is 12.3. The average Bonchev–Trinajstić information content (AvgIpc) is 2.76. The fourth-order valence-electron chi connectivity index (χ4n) is 1.90. The van der Waals surface area contributed by atoms with Gasteiger partial charge in [0.05, 0.1) is 22.4 Å². The Balaban J connectivity index is 2.42. The number of nitrogens with zero attached hydrogens (tertiary/aromatic N) is 2. The van der Waals surface area contributed by atoms with Gasteiger partial charge < -0.3 is 10.0 Å². The molecule has 110 valence electrons. The SMILES string of the molecule is CC(C)N(CCO)c1nc2cc(C(F)(F)F)ccc2s1. The smallest absolute Gasteiger partial charge is 0.395 e. The number of anilines is 1. The Labute approximate surface area is 118 Å². The van der Waals surface area contributed by atoms with E-state index in [2.05, 4.69) is 4.98 Å². The van der Waals surface area contributed by atoms with Crippen molar-refractivity contribution in [1.29, 1.82) is 0 Å². The first-order valence-corrected chi connectivity index (χ1v) is 7.00. The van der Waals surface area contributed by atoms with Gasteiger partial charge in [0, 0.05) is 12.6 Å². The number of alkyl halides is 3. The second-order valence-corrected chi connectivity index (χ2v) is 5.70. The molecule has 2 aromatic rings. The Bertz CT molecular complexity index is 595. The van der Waals surface area contributed by atoms with Crippen molar-refractivity contribution in [2.24, 2.45) is 0 Å². The number of aliphatic hydroxyl groups excluding tert-OH is 1. The van der Waals surface area contributed by atoms with Gasteiger partial charge in [-0.2, -0.15) is 13.2 Å². The summed E-state index contributed by atoms with van der Waals surface area (Å²) in [5, 5.41) is 9.69. The van der Waals surface area contributed by atoms with E-state index in [0.717, 1.165) is 12.1 Å². The lowest BCUT2D eigenvalue weighted by Gasteiger charge is -2.24. The van der Waals surface area contributed by atoms with Crippen molar-refractivity contribution < 1.29 is 18.3 Å². The number of fused-ring (bicyclic) bond motifs is 1. The van der Waals surface area contributed by atoms with E-state index < -0.39 is 11.7 Å². The highest BCUT2D eigenvalue weighted by Crippen LogP contribution is 2.35. The van der Waals surface area contributed by atoms with Crippen molar-refractivity contribution in [2.75, 3.05) is 18.1 Å². The molecule has 0 saturated heterocycles. The molecule has 0 aliphatic rings. The van der Waals surface area contributed by atoms with Crippen molar-refractivity contribution in [1.82, 2.24) is 4.98 Å². The van der Waals surface area contributed by atoms with Crippen molar-refractivity contribution >= 4 is 26.7 Å². The quantitative estimate of drug-likeness (QED) is 0.939. The van der Waals surface area contributed by atoms with Crippen LogP contribution in [0.1, 0.15) is 19.4 Å². The first-order valence-electron chi connectivity index (χ1n) is 6.18. The zero-order valence-electron chi connectivity index (χ0n) is 11.1. The molecule has 0 atom stereocenters. The molecule has 0 saturated carbocycles. The molecule has 0 aliphatic carbocycles. The van der Waals surface area contributed by atoms with Crippen molar-refractivity contribution in [2.45, 2.75) is 26.1 Å². The molecule has 1 aromatic carbocycles. The van der Waals surface area contributed by atoms with Crippen LogP contribution in [0.25, 0.3) is 10.2 Å². The molecule has 0 amide bonds. The Morgan fingerprint density at radius 1 is 1.35 bits per heavy atom. The fourth-order valence-corrected chi connectivity index (χ4v) is 3.00. The fraction of sp³-hybridized carbons (Fsp3) is 0.462. The van der Waals surface area contributed by atoms with E-state index in [1.807, 2.05) is 18.7 Å². The van der Waals surface area contributed by atoms with Gasteiger partial charge in [-0.1, -0.05) is 11.3 Å². The number of thiazole rings is 1. The van der Waals surface area contributed by atoms with E-state index in [1.165, 1.54) is 17.4 Å². The molecule has 0 bridgehead atoms. The summed E-state index contributed by atoms with van der Waals surface area (Å²) in [7, 11) is 0. The summed E-state index contributed by atoms with van der Waals surface area (Å²) in [6, 6.07) is 3.68. The van der Waals surface area contributed by atoms with Crippen LogP contribution in [-0.2, 0) is 6.18 Å². The van der Waals surface area contributed by atoms with Gasteiger partial charge in [0.2, 0.25) is 0 Å². The van der Waals surface area contributed by atoms with Gasteiger partial charge in [-0.15, -0.1) is 0 Å². The van der Waals surface area contributed by atoms with Crippen molar-refractivity contribution in [3.63, 3.8) is 0 Å². The lowest BCUT2D eigenvalue weighted by Crippen LogP contribution is -2.33. The predicted octanol–water partition coefficient (Wildman–Crippen LogP) is 3.52. The number of aliphatic hydroxyl groups is 1. The lowest BCUT2D eigenvalue weighted by molar-refractivity contribution is -0.137. The number of hydrogen-bond donors (Lipinski definition) is 1. The van der Waals surface area contributed by atoms with Crippen LogP contribution >= 0.6 is 11.3 Å². The maximum Gasteiger partial charge on any atom is 0.416 e. The minimum Gasteiger partial charge on any atom is -0.395 e. The van der Waals surface area contributed by atoms with Crippen LogP contribution in [0, 0.1) is 0 Å². The van der Waals surface area contributed by atoms with Gasteiger partial charge >= 0.3 is 6.18 Å². The van der Waals surface area contributed by atoms with Gasteiger partial charge in [0.15, 0.2) is 5.13 Å². The van der Waals surface area contributed by atoms with Crippen LogP contribution in [-0.4, -0.2) is 29.3 Å². The highest BCUT2D eigenvalue weighted by molar-refractivity contribution is 7.22. The Hall–Kier alpha value is -1.34. The summed E-state index contributed by atoms with van der Waals surface area (Å²) >= 11 is 1.33. The summed E-state index contributed by atoms with van der Waals surface area (Å²) in [5.41, 5.74) is -0.358. The standard InChI is InChI=1S/C13H15F3N2OS/c1-8(2)18(5-6-19)12-17-10-7-9(13(14,15)16)3-4-11(10)20-12/h3-4,7-8,19H,5-6H2,1-2H3. The monoisotopic (exact) mass is 304 g/mol. The molecule has 0 aliphatic heterocycles. The zero-order chi connectivity index (χ0) is 14.9. The molecule has 1 aromatic heterocycles. The van der Waals surface area contributed by atoms with E-state index in [1.54, 1.807) is 0 Å². The molecule has 2 rings (SSSR count). The summed E-state index contributed by atoms with van der Waals surface area (Å²) in [6.07, 6.45) is -4.36. The Morgan fingerprint density at radius 2 is 2.05 bits per heavy atom. The van der Waals surface area contributed by atoms with Gasteiger partial charge in [-0.3, -0.25) is 0 Å². The second kappa shape index (κ2) is 5.57. The molecule has 0 unspecified atom stereocenters. The van der Waals surface area contributed by atoms with Crippen LogP contribution in [0.3, 0.4) is 0 Å². The van der Waals surface area contributed by atoms with Crippen LogP contribution in [0.4, 0.5) is 18.3 Å². The van der Waals surface area contributed by atoms with Crippen molar-refractivity contribution in [3.8, 4) is 0 Å². The number of aromatic nitrogens is 1. The minimum absolute atomic E-state index is 0.0259. The number of hydrogen-bond acceptors (Lipinski definition) is 4. The first-order chi connectivity index (χ1) is 9.32. The molecule has 1 heterocycles. The van der Waals surface area contributed by atoms with Gasteiger partial charge in [0.25, 0.3) is 0 Å². The van der Waals surface area contributed by atoms with Gasteiger partial charge in [-0.05, 0) is 32.0 Å². The molecular weight excluding hydrogens is 289 g/mol.